The van der Waals surface area contributed by atoms with Crippen LogP contribution in [0.15, 0.2) is 22.4 Å². The molecule has 10 heteroatoms. The summed E-state index contributed by atoms with van der Waals surface area (Å²) >= 11 is 0.896. The number of rotatable bonds is 3. The summed E-state index contributed by atoms with van der Waals surface area (Å²) in [6.07, 6.45) is 1.33. The molecule has 0 spiro atoms. The van der Waals surface area contributed by atoms with E-state index in [0.29, 0.717) is 5.82 Å². The predicted molar refractivity (Wildman–Crippen MR) is 78.6 cm³/mol. The Hall–Kier alpha value is -2.67. The molecule has 0 saturated carbocycles. The quantitative estimate of drug-likeness (QED) is 0.512. The molecule has 2 aromatic rings. The van der Waals surface area contributed by atoms with Gasteiger partial charge in [-0.25, -0.2) is 9.66 Å². The first-order chi connectivity index (χ1) is 10.3. The lowest BCUT2D eigenvalue weighted by Gasteiger charge is -2.16. The van der Waals surface area contributed by atoms with Crippen molar-refractivity contribution in [2.45, 2.75) is 36.4 Å². The molecule has 0 unspecified atom stereocenters. The molecule has 22 heavy (non-hydrogen) atoms. The van der Waals surface area contributed by atoms with Gasteiger partial charge in [0.25, 0.3) is 0 Å². The lowest BCUT2D eigenvalue weighted by Crippen LogP contribution is -2.24. The third kappa shape index (κ3) is 2.84. The highest BCUT2D eigenvalue weighted by Gasteiger charge is 2.27. The summed E-state index contributed by atoms with van der Waals surface area (Å²) in [4.78, 5) is 14.5. The lowest BCUT2D eigenvalue weighted by atomic mass is 9.96. The van der Waals surface area contributed by atoms with Crippen molar-refractivity contribution in [2.24, 2.45) is 0 Å². The molecule has 114 valence electrons. The van der Waals surface area contributed by atoms with Crippen LogP contribution in [-0.2, 0) is 5.41 Å². The third-order valence-corrected chi connectivity index (χ3v) is 3.67. The maximum atomic E-state index is 11.2. The van der Waals surface area contributed by atoms with Gasteiger partial charge in [0.05, 0.1) is 4.92 Å². The van der Waals surface area contributed by atoms with Crippen LogP contribution in [0.5, 0.6) is 0 Å². The molecule has 2 heterocycles. The van der Waals surface area contributed by atoms with E-state index < -0.39 is 4.92 Å². The molecule has 0 fully saturated rings. The Morgan fingerprint density at radius 3 is 2.64 bits per heavy atom. The maximum Gasteiger partial charge on any atom is 0.319 e. The number of aromatic nitrogens is 4. The number of nitrogen functional groups attached to an aromatic ring is 1. The number of hydrogen-bond acceptors (Lipinski definition) is 8. The van der Waals surface area contributed by atoms with E-state index >= 15 is 0 Å². The van der Waals surface area contributed by atoms with Gasteiger partial charge in [0.2, 0.25) is 5.16 Å². The molecule has 2 rings (SSSR count). The lowest BCUT2D eigenvalue weighted by molar-refractivity contribution is -0.388. The first-order valence-electron chi connectivity index (χ1n) is 6.18. The van der Waals surface area contributed by atoms with Crippen molar-refractivity contribution >= 4 is 17.4 Å². The van der Waals surface area contributed by atoms with Crippen molar-refractivity contribution in [1.82, 2.24) is 19.9 Å². The fraction of sp³-hybridized carbons (Fsp3) is 0.333. The number of nitrogens with two attached hydrogens (primary N) is 1. The second-order valence-electron chi connectivity index (χ2n) is 5.41. The molecule has 0 aromatic carbocycles. The summed E-state index contributed by atoms with van der Waals surface area (Å²) in [6.45, 7) is 5.77. The molecule has 0 amide bonds. The second kappa shape index (κ2) is 5.61. The van der Waals surface area contributed by atoms with E-state index in [4.69, 9.17) is 11.1 Å². The van der Waals surface area contributed by atoms with Crippen LogP contribution in [0.2, 0.25) is 0 Å². The first-order valence-corrected chi connectivity index (χ1v) is 6.99. The third-order valence-electron chi connectivity index (χ3n) is 2.72. The van der Waals surface area contributed by atoms with Crippen LogP contribution < -0.4 is 5.84 Å². The molecule has 0 atom stereocenters. The molecular weight excluding hydrogens is 306 g/mol. The van der Waals surface area contributed by atoms with Crippen molar-refractivity contribution in [1.29, 1.82) is 5.26 Å². The fourth-order valence-electron chi connectivity index (χ4n) is 1.72. The predicted octanol–water partition coefficient (Wildman–Crippen LogP) is 1.62. The van der Waals surface area contributed by atoms with Crippen LogP contribution >= 0.6 is 11.8 Å². The number of nitriles is 1. The normalized spacial score (nSPS) is 11.2. The minimum Gasteiger partial charge on any atom is -0.336 e. The zero-order chi connectivity index (χ0) is 16.5. The average Bonchev–Trinajstić information content (AvgIpc) is 2.79. The van der Waals surface area contributed by atoms with Gasteiger partial charge in [-0.15, -0.1) is 10.2 Å². The largest absolute Gasteiger partial charge is 0.336 e. The average molecular weight is 319 g/mol. The summed E-state index contributed by atoms with van der Waals surface area (Å²) in [6, 6.07) is 3.07. The van der Waals surface area contributed by atoms with Crippen LogP contribution in [0.3, 0.4) is 0 Å². The van der Waals surface area contributed by atoms with Gasteiger partial charge in [0.1, 0.15) is 11.6 Å². The van der Waals surface area contributed by atoms with Crippen molar-refractivity contribution in [3.05, 3.63) is 33.8 Å². The molecule has 9 nitrogen and oxygen atoms in total. The molecule has 0 aliphatic carbocycles. The van der Waals surface area contributed by atoms with E-state index in [9.17, 15) is 10.1 Å². The summed E-state index contributed by atoms with van der Waals surface area (Å²) < 4.78 is 1.27. The number of nitrogens with zero attached hydrogens (tertiary/aromatic N) is 6. The van der Waals surface area contributed by atoms with Crippen molar-refractivity contribution in [3.8, 4) is 6.07 Å². The molecule has 2 N–H and O–H groups in total. The Morgan fingerprint density at radius 1 is 1.45 bits per heavy atom. The van der Waals surface area contributed by atoms with Gasteiger partial charge in [-0.05, 0) is 17.8 Å². The van der Waals surface area contributed by atoms with E-state index in [2.05, 4.69) is 15.2 Å². The Labute approximate surface area is 130 Å². The van der Waals surface area contributed by atoms with Gasteiger partial charge in [-0.3, -0.25) is 10.1 Å². The maximum absolute atomic E-state index is 11.2. The molecule has 0 radical (unpaired) electrons. The SMILES string of the molecule is CC(C)(C)c1nnc(Sc2nccc(C#N)c2[N+](=O)[O-])n1N. The molecule has 0 bridgehead atoms. The highest BCUT2D eigenvalue weighted by atomic mass is 32.2. The molecular formula is C12H13N7O2S. The second-order valence-corrected chi connectivity index (χ2v) is 6.37. The zero-order valence-electron chi connectivity index (χ0n) is 12.1. The highest BCUT2D eigenvalue weighted by molar-refractivity contribution is 7.99. The summed E-state index contributed by atoms with van der Waals surface area (Å²) in [7, 11) is 0. The Morgan fingerprint density at radius 2 is 2.14 bits per heavy atom. The first kappa shape index (κ1) is 15.7. The fourth-order valence-corrected chi connectivity index (χ4v) is 2.55. The van der Waals surface area contributed by atoms with Crippen LogP contribution in [0.25, 0.3) is 0 Å². The minimum absolute atomic E-state index is 0.0450. The monoisotopic (exact) mass is 319 g/mol. The van der Waals surface area contributed by atoms with E-state index in [1.165, 1.54) is 16.9 Å². The van der Waals surface area contributed by atoms with Gasteiger partial charge in [0.15, 0.2) is 10.9 Å². The summed E-state index contributed by atoms with van der Waals surface area (Å²) in [5, 5.41) is 28.4. The Kier molecular flexibility index (Phi) is 4.01. The molecule has 0 aliphatic heterocycles. The standard InChI is InChI=1S/C12H13N7O2S/c1-12(2,3)10-16-17-11(18(10)14)22-9-8(19(20)21)7(6-13)4-5-15-9/h4-5H,14H2,1-3H3. The van der Waals surface area contributed by atoms with E-state index in [-0.39, 0.29) is 26.8 Å². The van der Waals surface area contributed by atoms with E-state index in [1.54, 1.807) is 6.07 Å². The van der Waals surface area contributed by atoms with Crippen molar-refractivity contribution < 1.29 is 4.92 Å². The van der Waals surface area contributed by atoms with Gasteiger partial charge >= 0.3 is 5.69 Å². The number of pyridine rings is 1. The Bertz CT molecular complexity index is 773. The molecule has 0 aliphatic rings. The van der Waals surface area contributed by atoms with E-state index in [0.717, 1.165) is 11.8 Å². The van der Waals surface area contributed by atoms with Crippen LogP contribution in [0, 0.1) is 21.4 Å². The molecule has 2 aromatic heterocycles. The number of hydrogen-bond donors (Lipinski definition) is 1. The topological polar surface area (TPSA) is 137 Å². The van der Waals surface area contributed by atoms with Crippen molar-refractivity contribution in [3.63, 3.8) is 0 Å². The smallest absolute Gasteiger partial charge is 0.319 e. The summed E-state index contributed by atoms with van der Waals surface area (Å²) in [5.41, 5.74) is -0.758. The van der Waals surface area contributed by atoms with Gasteiger partial charge in [0, 0.05) is 11.6 Å². The van der Waals surface area contributed by atoms with Gasteiger partial charge in [-0.2, -0.15) is 5.26 Å². The van der Waals surface area contributed by atoms with E-state index in [1.807, 2.05) is 20.8 Å². The summed E-state index contributed by atoms with van der Waals surface area (Å²) in [5.74, 6) is 6.48. The zero-order valence-corrected chi connectivity index (χ0v) is 13.0. The van der Waals surface area contributed by atoms with Crippen LogP contribution in [0.4, 0.5) is 5.69 Å². The number of nitro groups is 1. The molecule has 0 saturated heterocycles. The van der Waals surface area contributed by atoms with Crippen LogP contribution in [-0.4, -0.2) is 24.8 Å². The highest BCUT2D eigenvalue weighted by Crippen LogP contribution is 2.34. The minimum atomic E-state index is -0.643. The van der Waals surface area contributed by atoms with Crippen molar-refractivity contribution in [2.75, 3.05) is 5.84 Å². The Balaban J connectivity index is 2.47. The van der Waals surface area contributed by atoms with Gasteiger partial charge in [-0.1, -0.05) is 20.8 Å². The van der Waals surface area contributed by atoms with Gasteiger partial charge < -0.3 is 5.84 Å². The van der Waals surface area contributed by atoms with Crippen LogP contribution in [0.1, 0.15) is 32.2 Å².